The lowest BCUT2D eigenvalue weighted by atomic mass is 10.1. The van der Waals surface area contributed by atoms with Crippen molar-refractivity contribution in [2.24, 2.45) is 0 Å². The van der Waals surface area contributed by atoms with Crippen molar-refractivity contribution in [2.45, 2.75) is 13.3 Å². The maximum atomic E-state index is 11.3. The first kappa shape index (κ1) is 15.2. The first-order valence-electron chi connectivity index (χ1n) is 6.85. The highest BCUT2D eigenvalue weighted by Gasteiger charge is 2.02. The van der Waals surface area contributed by atoms with Crippen LogP contribution in [0.5, 0.6) is 0 Å². The van der Waals surface area contributed by atoms with Crippen LogP contribution in [0, 0.1) is 0 Å². The molecule has 2 N–H and O–H groups in total. The number of ketones is 1. The molecule has 0 aliphatic carbocycles. The number of nitrogens with one attached hydrogen (secondary N) is 2. The molecule has 0 aliphatic heterocycles. The van der Waals surface area contributed by atoms with Gasteiger partial charge < -0.3 is 10.6 Å². The van der Waals surface area contributed by atoms with Gasteiger partial charge in [-0.25, -0.2) is 0 Å². The lowest BCUT2D eigenvalue weighted by Crippen LogP contribution is -2.30. The van der Waals surface area contributed by atoms with Gasteiger partial charge in [0, 0.05) is 17.8 Å². The third-order valence-corrected chi connectivity index (χ3v) is 3.32. The molecule has 3 nitrogen and oxygen atoms in total. The summed E-state index contributed by atoms with van der Waals surface area (Å²) in [5, 5.41) is 6.82. The second-order valence-electron chi connectivity index (χ2n) is 4.75. The molecule has 0 fully saturated rings. The fraction of sp³-hybridized carbons (Fsp3) is 0.176. The Bertz CT molecular complexity index is 626. The summed E-state index contributed by atoms with van der Waals surface area (Å²) in [6.45, 7) is 2.32. The van der Waals surface area contributed by atoms with E-state index < -0.39 is 0 Å². The molecular formula is C17H18N2OS. The van der Waals surface area contributed by atoms with Crippen molar-refractivity contribution >= 4 is 28.8 Å². The third kappa shape index (κ3) is 5.00. The summed E-state index contributed by atoms with van der Waals surface area (Å²) in [6.07, 6.45) is 0.913. The van der Waals surface area contributed by atoms with Crippen LogP contribution in [0.4, 0.5) is 5.69 Å². The average Bonchev–Trinajstić information content (AvgIpc) is 2.48. The predicted octanol–water partition coefficient (Wildman–Crippen LogP) is 3.42. The van der Waals surface area contributed by atoms with Gasteiger partial charge in [-0.2, -0.15) is 0 Å². The molecular weight excluding hydrogens is 280 g/mol. The Morgan fingerprint density at radius 2 is 1.86 bits per heavy atom. The Balaban J connectivity index is 1.82. The van der Waals surface area contributed by atoms with E-state index in [4.69, 9.17) is 12.2 Å². The molecule has 0 saturated carbocycles. The first-order valence-corrected chi connectivity index (χ1v) is 7.26. The highest BCUT2D eigenvalue weighted by molar-refractivity contribution is 7.80. The standard InChI is InChI=1S/C17H18N2OS/c1-13(20)15-8-5-9-16(12-15)19-17(21)18-11-10-14-6-3-2-4-7-14/h2-9,12H,10-11H2,1H3,(H2,18,19,21). The van der Waals surface area contributed by atoms with Crippen molar-refractivity contribution in [1.29, 1.82) is 0 Å². The van der Waals surface area contributed by atoms with Crippen LogP contribution in [-0.2, 0) is 6.42 Å². The zero-order valence-corrected chi connectivity index (χ0v) is 12.7. The van der Waals surface area contributed by atoms with Crippen molar-refractivity contribution < 1.29 is 4.79 Å². The van der Waals surface area contributed by atoms with Crippen molar-refractivity contribution in [3.05, 3.63) is 65.7 Å². The Kier molecular flexibility index (Phi) is 5.46. The monoisotopic (exact) mass is 298 g/mol. The van der Waals surface area contributed by atoms with Crippen LogP contribution in [0.3, 0.4) is 0 Å². The number of hydrogen-bond donors (Lipinski definition) is 2. The van der Waals surface area contributed by atoms with E-state index >= 15 is 0 Å². The number of rotatable bonds is 5. The lowest BCUT2D eigenvalue weighted by molar-refractivity contribution is 0.101. The van der Waals surface area contributed by atoms with Gasteiger partial charge in [0.2, 0.25) is 0 Å². The number of hydrogen-bond acceptors (Lipinski definition) is 2. The Morgan fingerprint density at radius 3 is 2.57 bits per heavy atom. The molecule has 2 aromatic rings. The molecule has 21 heavy (non-hydrogen) atoms. The second-order valence-corrected chi connectivity index (χ2v) is 5.16. The van der Waals surface area contributed by atoms with E-state index in [1.807, 2.05) is 30.3 Å². The van der Waals surface area contributed by atoms with Gasteiger partial charge >= 0.3 is 0 Å². The minimum absolute atomic E-state index is 0.0432. The van der Waals surface area contributed by atoms with Crippen molar-refractivity contribution in [1.82, 2.24) is 5.32 Å². The van der Waals surface area contributed by atoms with Crippen LogP contribution in [-0.4, -0.2) is 17.4 Å². The molecule has 2 rings (SSSR count). The van der Waals surface area contributed by atoms with Crippen LogP contribution >= 0.6 is 12.2 Å². The molecule has 108 valence electrons. The highest BCUT2D eigenvalue weighted by atomic mass is 32.1. The van der Waals surface area contributed by atoms with E-state index in [2.05, 4.69) is 22.8 Å². The van der Waals surface area contributed by atoms with Gasteiger partial charge in [0.05, 0.1) is 0 Å². The highest BCUT2D eigenvalue weighted by Crippen LogP contribution is 2.11. The largest absolute Gasteiger partial charge is 0.362 e. The van der Waals surface area contributed by atoms with E-state index in [1.165, 1.54) is 5.56 Å². The van der Waals surface area contributed by atoms with E-state index in [-0.39, 0.29) is 5.78 Å². The van der Waals surface area contributed by atoms with Gasteiger partial charge in [0.1, 0.15) is 0 Å². The molecule has 0 atom stereocenters. The predicted molar refractivity (Wildman–Crippen MR) is 90.8 cm³/mol. The molecule has 0 unspecified atom stereocenters. The van der Waals surface area contributed by atoms with Crippen molar-refractivity contribution in [3.8, 4) is 0 Å². The number of anilines is 1. The van der Waals surface area contributed by atoms with E-state index in [1.54, 1.807) is 19.1 Å². The Morgan fingerprint density at radius 1 is 1.10 bits per heavy atom. The van der Waals surface area contributed by atoms with Gasteiger partial charge in [-0.1, -0.05) is 42.5 Å². The molecule has 0 aromatic heterocycles. The number of Topliss-reactive ketones (excluding diaryl/α,β-unsaturated/α-hetero) is 1. The molecule has 0 spiro atoms. The van der Waals surface area contributed by atoms with E-state index in [0.29, 0.717) is 10.7 Å². The van der Waals surface area contributed by atoms with Crippen LogP contribution < -0.4 is 10.6 Å². The molecule has 4 heteroatoms. The number of carbonyl (C=O) groups is 1. The molecule has 0 bridgehead atoms. The van der Waals surface area contributed by atoms with Gasteiger partial charge in [-0.3, -0.25) is 4.79 Å². The topological polar surface area (TPSA) is 41.1 Å². The molecule has 0 heterocycles. The molecule has 0 amide bonds. The Hall–Kier alpha value is -2.20. The minimum Gasteiger partial charge on any atom is -0.362 e. The maximum Gasteiger partial charge on any atom is 0.170 e. The summed E-state index contributed by atoms with van der Waals surface area (Å²) in [6, 6.07) is 17.6. The average molecular weight is 298 g/mol. The summed E-state index contributed by atoms with van der Waals surface area (Å²) < 4.78 is 0. The summed E-state index contributed by atoms with van der Waals surface area (Å²) in [4.78, 5) is 11.3. The molecule has 0 radical (unpaired) electrons. The molecule has 2 aromatic carbocycles. The van der Waals surface area contributed by atoms with Gasteiger partial charge in [0.15, 0.2) is 10.9 Å². The van der Waals surface area contributed by atoms with E-state index in [9.17, 15) is 4.79 Å². The summed E-state index contributed by atoms with van der Waals surface area (Å²) >= 11 is 5.25. The second kappa shape index (κ2) is 7.55. The quantitative estimate of drug-likeness (QED) is 0.655. The zero-order chi connectivity index (χ0) is 15.1. The third-order valence-electron chi connectivity index (χ3n) is 3.07. The zero-order valence-electron chi connectivity index (χ0n) is 11.9. The fourth-order valence-electron chi connectivity index (χ4n) is 1.96. The smallest absolute Gasteiger partial charge is 0.170 e. The van der Waals surface area contributed by atoms with Gasteiger partial charge in [-0.05, 0) is 43.3 Å². The van der Waals surface area contributed by atoms with Crippen LogP contribution in [0.25, 0.3) is 0 Å². The summed E-state index contributed by atoms with van der Waals surface area (Å²) in [7, 11) is 0. The first-order chi connectivity index (χ1) is 10.1. The Labute approximate surface area is 130 Å². The lowest BCUT2D eigenvalue weighted by Gasteiger charge is -2.11. The number of thiocarbonyl (C=S) groups is 1. The van der Waals surface area contributed by atoms with E-state index in [0.717, 1.165) is 18.7 Å². The van der Waals surface area contributed by atoms with Crippen LogP contribution in [0.2, 0.25) is 0 Å². The van der Waals surface area contributed by atoms with Gasteiger partial charge in [-0.15, -0.1) is 0 Å². The maximum absolute atomic E-state index is 11.3. The normalized spacial score (nSPS) is 9.95. The number of carbonyl (C=O) groups excluding carboxylic acids is 1. The molecule has 0 aliphatic rings. The van der Waals surface area contributed by atoms with Crippen LogP contribution in [0.1, 0.15) is 22.8 Å². The fourth-order valence-corrected chi connectivity index (χ4v) is 2.18. The van der Waals surface area contributed by atoms with Crippen LogP contribution in [0.15, 0.2) is 54.6 Å². The summed E-state index contributed by atoms with van der Waals surface area (Å²) in [5.41, 5.74) is 2.76. The minimum atomic E-state index is 0.0432. The van der Waals surface area contributed by atoms with Crippen molar-refractivity contribution in [2.75, 3.05) is 11.9 Å². The molecule has 0 saturated heterocycles. The van der Waals surface area contributed by atoms with Gasteiger partial charge in [0.25, 0.3) is 0 Å². The SMILES string of the molecule is CC(=O)c1cccc(NC(=S)NCCc2ccccc2)c1. The summed E-state index contributed by atoms with van der Waals surface area (Å²) in [5.74, 6) is 0.0432. The van der Waals surface area contributed by atoms with Crippen molar-refractivity contribution in [3.63, 3.8) is 0 Å². The number of benzene rings is 2.